The molecule has 1 atom stereocenters. The number of halogens is 2. The lowest BCUT2D eigenvalue weighted by Gasteiger charge is -2.15. The summed E-state index contributed by atoms with van der Waals surface area (Å²) in [5, 5.41) is 5.77. The first-order valence-electron chi connectivity index (χ1n) is 5.95. The Hall–Kier alpha value is -0.780. The van der Waals surface area contributed by atoms with Crippen molar-refractivity contribution in [3.8, 4) is 5.75 Å². The molecule has 0 saturated carbocycles. The molecule has 6 heteroatoms. The van der Waals surface area contributed by atoms with Crippen molar-refractivity contribution in [2.24, 2.45) is 0 Å². The highest BCUT2D eigenvalue weighted by molar-refractivity contribution is 9.10. The van der Waals surface area contributed by atoms with Gasteiger partial charge in [-0.3, -0.25) is 4.79 Å². The molecule has 1 unspecified atom stereocenters. The molecule has 0 saturated heterocycles. The summed E-state index contributed by atoms with van der Waals surface area (Å²) in [6.07, 6.45) is 0.436. The number of rotatable bonds is 7. The van der Waals surface area contributed by atoms with Crippen LogP contribution in [-0.4, -0.2) is 32.1 Å². The third kappa shape index (κ3) is 8.08. The average Bonchev–Trinajstić information content (AvgIpc) is 2.36. The zero-order valence-corrected chi connectivity index (χ0v) is 13.5. The number of benzene rings is 1. The standard InChI is InChI=1S/C13H19BrN2O2.ClH/c1-10(9-16-13(17)7-8-15-2)18-12-5-3-11(14)4-6-12;/h3-6,10,15H,7-9H2,1-2H3,(H,16,17);1H. The molecule has 0 heterocycles. The molecule has 19 heavy (non-hydrogen) atoms. The van der Waals surface area contributed by atoms with Crippen LogP contribution in [0.15, 0.2) is 28.7 Å². The highest BCUT2D eigenvalue weighted by Crippen LogP contribution is 2.17. The van der Waals surface area contributed by atoms with Crippen LogP contribution in [0.1, 0.15) is 13.3 Å². The van der Waals surface area contributed by atoms with E-state index in [2.05, 4.69) is 26.6 Å². The highest BCUT2D eigenvalue weighted by atomic mass is 79.9. The van der Waals surface area contributed by atoms with Crippen molar-refractivity contribution in [2.45, 2.75) is 19.4 Å². The van der Waals surface area contributed by atoms with E-state index in [0.29, 0.717) is 19.5 Å². The quantitative estimate of drug-likeness (QED) is 0.793. The SMILES string of the molecule is CNCCC(=O)NCC(C)Oc1ccc(Br)cc1.Cl. The van der Waals surface area contributed by atoms with Crippen molar-refractivity contribution < 1.29 is 9.53 Å². The number of ether oxygens (including phenoxy) is 1. The molecule has 1 amide bonds. The molecule has 0 bridgehead atoms. The van der Waals surface area contributed by atoms with Crippen molar-refractivity contribution in [3.63, 3.8) is 0 Å². The van der Waals surface area contributed by atoms with Crippen LogP contribution < -0.4 is 15.4 Å². The van der Waals surface area contributed by atoms with Crippen molar-refractivity contribution in [3.05, 3.63) is 28.7 Å². The van der Waals surface area contributed by atoms with Gasteiger partial charge in [-0.25, -0.2) is 0 Å². The molecule has 0 aliphatic heterocycles. The fraction of sp³-hybridized carbons (Fsp3) is 0.462. The number of nitrogens with one attached hydrogen (secondary N) is 2. The number of amides is 1. The van der Waals surface area contributed by atoms with Crippen LogP contribution in [0, 0.1) is 0 Å². The first-order valence-corrected chi connectivity index (χ1v) is 6.74. The molecule has 0 aliphatic rings. The van der Waals surface area contributed by atoms with E-state index < -0.39 is 0 Å². The summed E-state index contributed by atoms with van der Waals surface area (Å²) in [7, 11) is 1.83. The van der Waals surface area contributed by atoms with E-state index in [1.54, 1.807) is 0 Å². The Labute approximate surface area is 128 Å². The largest absolute Gasteiger partial charge is 0.489 e. The molecule has 0 aliphatic carbocycles. The second-order valence-corrected chi connectivity index (χ2v) is 4.96. The Morgan fingerprint density at radius 3 is 2.58 bits per heavy atom. The molecule has 1 aromatic rings. The summed E-state index contributed by atoms with van der Waals surface area (Å²) in [5.74, 6) is 0.839. The van der Waals surface area contributed by atoms with Gasteiger partial charge in [0.05, 0.1) is 6.54 Å². The Kier molecular flexibility index (Phi) is 9.65. The zero-order chi connectivity index (χ0) is 13.4. The van der Waals surface area contributed by atoms with Gasteiger partial charge in [0.1, 0.15) is 11.9 Å². The minimum Gasteiger partial charge on any atom is -0.489 e. The Bertz CT molecular complexity index is 373. The monoisotopic (exact) mass is 350 g/mol. The van der Waals surface area contributed by atoms with E-state index in [4.69, 9.17) is 4.74 Å². The fourth-order valence-electron chi connectivity index (χ4n) is 1.37. The third-order valence-corrected chi connectivity index (χ3v) is 2.87. The van der Waals surface area contributed by atoms with Crippen LogP contribution in [0.25, 0.3) is 0 Å². The zero-order valence-electron chi connectivity index (χ0n) is 11.1. The molecule has 1 rings (SSSR count). The van der Waals surface area contributed by atoms with Crippen LogP contribution >= 0.6 is 28.3 Å². The lowest BCUT2D eigenvalue weighted by atomic mass is 10.3. The number of carbonyl (C=O) groups excluding carboxylic acids is 1. The first-order chi connectivity index (χ1) is 8.61. The molecule has 1 aromatic carbocycles. The molecule has 108 valence electrons. The maximum atomic E-state index is 11.4. The van der Waals surface area contributed by atoms with Gasteiger partial charge in [-0.15, -0.1) is 12.4 Å². The van der Waals surface area contributed by atoms with Gasteiger partial charge in [-0.1, -0.05) is 15.9 Å². The van der Waals surface area contributed by atoms with E-state index in [1.165, 1.54) is 0 Å². The molecule has 0 fully saturated rings. The van der Waals surface area contributed by atoms with Gasteiger partial charge in [0.25, 0.3) is 0 Å². The molecule has 0 spiro atoms. The lowest BCUT2D eigenvalue weighted by molar-refractivity contribution is -0.121. The normalized spacial score (nSPS) is 11.3. The van der Waals surface area contributed by atoms with Crippen LogP contribution in [-0.2, 0) is 4.79 Å². The van der Waals surface area contributed by atoms with E-state index in [1.807, 2.05) is 38.2 Å². The first kappa shape index (κ1) is 18.2. The molecule has 0 radical (unpaired) electrons. The maximum absolute atomic E-state index is 11.4. The minimum absolute atomic E-state index is 0. The van der Waals surface area contributed by atoms with Gasteiger partial charge in [-0.2, -0.15) is 0 Å². The maximum Gasteiger partial charge on any atom is 0.221 e. The van der Waals surface area contributed by atoms with E-state index in [-0.39, 0.29) is 24.4 Å². The summed E-state index contributed by atoms with van der Waals surface area (Å²) in [6.45, 7) is 3.13. The van der Waals surface area contributed by atoms with Crippen LogP contribution in [0.4, 0.5) is 0 Å². The molecule has 4 nitrogen and oxygen atoms in total. The van der Waals surface area contributed by atoms with Crippen molar-refractivity contribution in [2.75, 3.05) is 20.1 Å². The van der Waals surface area contributed by atoms with E-state index in [0.717, 1.165) is 10.2 Å². The second-order valence-electron chi connectivity index (χ2n) is 4.04. The van der Waals surface area contributed by atoms with E-state index >= 15 is 0 Å². The second kappa shape index (κ2) is 10.1. The van der Waals surface area contributed by atoms with Gasteiger partial charge in [-0.05, 0) is 38.2 Å². The van der Waals surface area contributed by atoms with Crippen molar-refractivity contribution in [1.29, 1.82) is 0 Å². The lowest BCUT2D eigenvalue weighted by Crippen LogP contribution is -2.34. The number of hydrogen-bond acceptors (Lipinski definition) is 3. The summed E-state index contributed by atoms with van der Waals surface area (Å²) < 4.78 is 6.69. The summed E-state index contributed by atoms with van der Waals surface area (Å²) in [6, 6.07) is 7.63. The Balaban J connectivity index is 0.00000324. The Morgan fingerprint density at radius 2 is 2.00 bits per heavy atom. The smallest absolute Gasteiger partial charge is 0.221 e. The molecule has 0 aromatic heterocycles. The highest BCUT2D eigenvalue weighted by Gasteiger charge is 2.06. The topological polar surface area (TPSA) is 50.4 Å². The third-order valence-electron chi connectivity index (χ3n) is 2.34. The minimum atomic E-state index is -0.0512. The molecule has 2 N–H and O–H groups in total. The van der Waals surface area contributed by atoms with Crippen LogP contribution in [0.2, 0.25) is 0 Å². The molecular weight excluding hydrogens is 332 g/mol. The van der Waals surface area contributed by atoms with Crippen molar-refractivity contribution in [1.82, 2.24) is 10.6 Å². The summed E-state index contributed by atoms with van der Waals surface area (Å²) in [4.78, 5) is 11.4. The van der Waals surface area contributed by atoms with Gasteiger partial charge < -0.3 is 15.4 Å². The van der Waals surface area contributed by atoms with Gasteiger partial charge >= 0.3 is 0 Å². The Morgan fingerprint density at radius 1 is 1.37 bits per heavy atom. The average molecular weight is 352 g/mol. The predicted molar refractivity (Wildman–Crippen MR) is 83.0 cm³/mol. The number of carbonyl (C=O) groups is 1. The van der Waals surface area contributed by atoms with Gasteiger partial charge in [0.15, 0.2) is 0 Å². The van der Waals surface area contributed by atoms with Gasteiger partial charge in [0.2, 0.25) is 5.91 Å². The van der Waals surface area contributed by atoms with Crippen molar-refractivity contribution >= 4 is 34.2 Å². The summed E-state index contributed by atoms with van der Waals surface area (Å²) >= 11 is 3.37. The number of hydrogen-bond donors (Lipinski definition) is 2. The van der Waals surface area contributed by atoms with Gasteiger partial charge in [0, 0.05) is 17.4 Å². The predicted octanol–water partition coefficient (Wildman–Crippen LogP) is 2.36. The fourth-order valence-corrected chi connectivity index (χ4v) is 1.64. The molecular formula is C13H20BrClN2O2. The van der Waals surface area contributed by atoms with Crippen LogP contribution in [0.3, 0.4) is 0 Å². The van der Waals surface area contributed by atoms with Crippen LogP contribution in [0.5, 0.6) is 5.75 Å². The van der Waals surface area contributed by atoms with E-state index in [9.17, 15) is 4.79 Å². The summed E-state index contributed by atoms with van der Waals surface area (Å²) in [5.41, 5.74) is 0.